The third-order valence-corrected chi connectivity index (χ3v) is 3.81. The van der Waals surface area contributed by atoms with Crippen LogP contribution in [0.25, 0.3) is 0 Å². The van der Waals surface area contributed by atoms with Crippen LogP contribution < -0.4 is 11.1 Å². The van der Waals surface area contributed by atoms with E-state index in [0.29, 0.717) is 17.9 Å². The van der Waals surface area contributed by atoms with Crippen LogP contribution in [-0.4, -0.2) is 38.2 Å². The van der Waals surface area contributed by atoms with E-state index < -0.39 is 0 Å². The van der Waals surface area contributed by atoms with Gasteiger partial charge in [0, 0.05) is 13.1 Å². The van der Waals surface area contributed by atoms with E-state index in [-0.39, 0.29) is 11.9 Å². The number of hydrogen-bond donors (Lipinski definition) is 2. The maximum atomic E-state index is 12.4. The first kappa shape index (κ1) is 13.6. The number of nitrogens with zero attached hydrogens (tertiary/aromatic N) is 4. The summed E-state index contributed by atoms with van der Waals surface area (Å²) < 4.78 is 2.01. The second kappa shape index (κ2) is 5.53. The lowest BCUT2D eigenvalue weighted by atomic mass is 10.2. The van der Waals surface area contributed by atoms with E-state index >= 15 is 0 Å². The van der Waals surface area contributed by atoms with Crippen LogP contribution in [-0.2, 0) is 17.9 Å². The maximum absolute atomic E-state index is 12.4. The number of aromatic nitrogens is 3. The van der Waals surface area contributed by atoms with Crippen molar-refractivity contribution in [3.8, 4) is 0 Å². The Kier molecular flexibility index (Phi) is 3.57. The fraction of sp³-hybridized carbons (Fsp3) is 0.357. The molecule has 0 fully saturated rings. The molecule has 0 bridgehead atoms. The number of nitrogens with one attached hydrogen (secondary N) is 1. The summed E-state index contributed by atoms with van der Waals surface area (Å²) in [4.78, 5) is 14.4. The van der Waals surface area contributed by atoms with Gasteiger partial charge in [0.1, 0.15) is 12.2 Å². The smallest absolute Gasteiger partial charge is 0.241 e. The Morgan fingerprint density at radius 3 is 3.00 bits per heavy atom. The molecular weight excluding hydrogens is 268 g/mol. The van der Waals surface area contributed by atoms with Crippen molar-refractivity contribution >= 4 is 17.3 Å². The molecule has 1 aliphatic heterocycles. The minimum absolute atomic E-state index is 0.0686. The molecule has 110 valence electrons. The van der Waals surface area contributed by atoms with Gasteiger partial charge in [-0.15, -0.1) is 10.2 Å². The van der Waals surface area contributed by atoms with Gasteiger partial charge in [0.05, 0.1) is 24.0 Å². The van der Waals surface area contributed by atoms with Crippen LogP contribution in [0.4, 0.5) is 11.4 Å². The zero-order chi connectivity index (χ0) is 14.8. The van der Waals surface area contributed by atoms with Gasteiger partial charge in [0.25, 0.3) is 0 Å². The summed E-state index contributed by atoms with van der Waals surface area (Å²) in [5.41, 5.74) is 7.06. The summed E-state index contributed by atoms with van der Waals surface area (Å²) in [5.74, 6) is 0.820. The van der Waals surface area contributed by atoms with Crippen LogP contribution in [0, 0.1) is 0 Å². The van der Waals surface area contributed by atoms with Gasteiger partial charge in [0.2, 0.25) is 5.91 Å². The number of anilines is 2. The van der Waals surface area contributed by atoms with Crippen molar-refractivity contribution in [3.05, 3.63) is 36.4 Å². The van der Waals surface area contributed by atoms with Gasteiger partial charge in [-0.1, -0.05) is 12.1 Å². The molecule has 0 aliphatic carbocycles. The Labute approximate surface area is 122 Å². The quantitative estimate of drug-likeness (QED) is 0.811. The molecule has 1 aromatic carbocycles. The average molecular weight is 286 g/mol. The third kappa shape index (κ3) is 2.73. The zero-order valence-electron chi connectivity index (χ0n) is 11.9. The van der Waals surface area contributed by atoms with Crippen molar-refractivity contribution in [1.29, 1.82) is 0 Å². The molecule has 2 heterocycles. The number of nitrogen functional groups attached to an aromatic ring is 1. The summed E-state index contributed by atoms with van der Waals surface area (Å²) in [5, 5.41) is 10.8. The SMILES string of the molecule is CC(C(=O)Nc1ccccc1N)N1CCn2cnnc2C1. The number of carbonyl (C=O) groups is 1. The van der Waals surface area contributed by atoms with Crippen molar-refractivity contribution in [2.24, 2.45) is 0 Å². The van der Waals surface area contributed by atoms with Crippen LogP contribution in [0.1, 0.15) is 12.7 Å². The zero-order valence-corrected chi connectivity index (χ0v) is 11.9. The van der Waals surface area contributed by atoms with E-state index in [4.69, 9.17) is 5.73 Å². The molecule has 2 aromatic rings. The van der Waals surface area contributed by atoms with Crippen molar-refractivity contribution < 1.29 is 4.79 Å². The van der Waals surface area contributed by atoms with Gasteiger partial charge >= 0.3 is 0 Å². The Morgan fingerprint density at radius 1 is 1.38 bits per heavy atom. The molecule has 1 amide bonds. The molecule has 0 radical (unpaired) electrons. The number of fused-ring (bicyclic) bond motifs is 1. The van der Waals surface area contributed by atoms with E-state index in [0.717, 1.165) is 18.9 Å². The van der Waals surface area contributed by atoms with Crippen LogP contribution in [0.5, 0.6) is 0 Å². The molecule has 3 N–H and O–H groups in total. The molecule has 7 nitrogen and oxygen atoms in total. The molecule has 1 aliphatic rings. The van der Waals surface area contributed by atoms with Crippen molar-refractivity contribution in [2.45, 2.75) is 26.1 Å². The number of amides is 1. The molecule has 0 spiro atoms. The highest BCUT2D eigenvalue weighted by molar-refractivity contribution is 5.97. The summed E-state index contributed by atoms with van der Waals surface area (Å²) >= 11 is 0. The lowest BCUT2D eigenvalue weighted by Gasteiger charge is -2.31. The van der Waals surface area contributed by atoms with Crippen LogP contribution >= 0.6 is 0 Å². The van der Waals surface area contributed by atoms with E-state index in [2.05, 4.69) is 20.4 Å². The van der Waals surface area contributed by atoms with Gasteiger partial charge < -0.3 is 15.6 Å². The summed E-state index contributed by atoms with van der Waals surface area (Å²) in [7, 11) is 0. The number of rotatable bonds is 3. The largest absolute Gasteiger partial charge is 0.397 e. The Balaban J connectivity index is 1.67. The maximum Gasteiger partial charge on any atom is 0.241 e. The molecule has 21 heavy (non-hydrogen) atoms. The van der Waals surface area contributed by atoms with Crippen molar-refractivity contribution in [2.75, 3.05) is 17.6 Å². The first-order chi connectivity index (χ1) is 10.1. The van der Waals surface area contributed by atoms with Crippen molar-refractivity contribution in [1.82, 2.24) is 19.7 Å². The number of carbonyl (C=O) groups excluding carboxylic acids is 1. The van der Waals surface area contributed by atoms with E-state index in [1.54, 1.807) is 18.5 Å². The summed E-state index contributed by atoms with van der Waals surface area (Å²) in [6.07, 6.45) is 1.72. The molecule has 1 aromatic heterocycles. The summed E-state index contributed by atoms with van der Waals surface area (Å²) in [6.45, 7) is 4.11. The second-order valence-electron chi connectivity index (χ2n) is 5.16. The second-order valence-corrected chi connectivity index (χ2v) is 5.16. The summed E-state index contributed by atoms with van der Waals surface area (Å²) in [6, 6.07) is 7.00. The molecule has 3 rings (SSSR count). The fourth-order valence-corrected chi connectivity index (χ4v) is 2.43. The van der Waals surface area contributed by atoms with Gasteiger partial charge in [0.15, 0.2) is 0 Å². The van der Waals surface area contributed by atoms with E-state index in [1.165, 1.54) is 0 Å². The van der Waals surface area contributed by atoms with Gasteiger partial charge in [-0.25, -0.2) is 0 Å². The highest BCUT2D eigenvalue weighted by atomic mass is 16.2. The van der Waals surface area contributed by atoms with E-state index in [1.807, 2.05) is 23.6 Å². The average Bonchev–Trinajstić information content (AvgIpc) is 2.96. The van der Waals surface area contributed by atoms with Crippen LogP contribution in [0.3, 0.4) is 0 Å². The predicted molar refractivity (Wildman–Crippen MR) is 79.4 cm³/mol. The Bertz CT molecular complexity index is 652. The highest BCUT2D eigenvalue weighted by Gasteiger charge is 2.26. The predicted octanol–water partition coefficient (Wildman–Crippen LogP) is 0.703. The highest BCUT2D eigenvalue weighted by Crippen LogP contribution is 2.18. The molecule has 7 heteroatoms. The van der Waals surface area contributed by atoms with Gasteiger partial charge in [-0.3, -0.25) is 9.69 Å². The first-order valence-electron chi connectivity index (χ1n) is 6.91. The normalized spacial score (nSPS) is 16.2. The number of nitrogens with two attached hydrogens (primary N) is 1. The number of hydrogen-bond acceptors (Lipinski definition) is 5. The topological polar surface area (TPSA) is 89.1 Å². The number of benzene rings is 1. The Morgan fingerprint density at radius 2 is 2.19 bits per heavy atom. The molecule has 1 unspecified atom stereocenters. The minimum Gasteiger partial charge on any atom is -0.397 e. The Hall–Kier alpha value is -2.41. The third-order valence-electron chi connectivity index (χ3n) is 3.81. The van der Waals surface area contributed by atoms with Gasteiger partial charge in [-0.05, 0) is 19.1 Å². The van der Waals surface area contributed by atoms with Crippen LogP contribution in [0.15, 0.2) is 30.6 Å². The fourth-order valence-electron chi connectivity index (χ4n) is 2.43. The lowest BCUT2D eigenvalue weighted by molar-refractivity contribution is -0.121. The monoisotopic (exact) mass is 286 g/mol. The van der Waals surface area contributed by atoms with Crippen LogP contribution in [0.2, 0.25) is 0 Å². The lowest BCUT2D eigenvalue weighted by Crippen LogP contribution is -2.45. The molecule has 0 saturated carbocycles. The molecule has 1 atom stereocenters. The van der Waals surface area contributed by atoms with Gasteiger partial charge in [-0.2, -0.15) is 0 Å². The first-order valence-corrected chi connectivity index (χ1v) is 6.91. The standard InChI is InChI=1S/C14H18N6O/c1-10(14(21)17-12-5-3-2-4-11(12)15)19-6-7-20-9-16-18-13(20)8-19/h2-5,9-10H,6-8,15H2,1H3,(H,17,21). The van der Waals surface area contributed by atoms with Crippen molar-refractivity contribution in [3.63, 3.8) is 0 Å². The number of para-hydroxylation sites is 2. The molecular formula is C14H18N6O. The molecule has 0 saturated heterocycles. The van der Waals surface area contributed by atoms with E-state index in [9.17, 15) is 4.79 Å². The minimum atomic E-state index is -0.255.